The van der Waals surface area contributed by atoms with Crippen molar-refractivity contribution in [3.05, 3.63) is 48.6 Å². The van der Waals surface area contributed by atoms with Crippen molar-refractivity contribution in [3.8, 4) is 0 Å². The molecule has 0 bridgehead atoms. The third-order valence-electron chi connectivity index (χ3n) is 12.3. The Bertz CT molecular complexity index is 1240. The van der Waals surface area contributed by atoms with Gasteiger partial charge in [0.25, 0.3) is 0 Å². The minimum atomic E-state index is -0.920. The number of allylic oxidation sites excluding steroid dienone is 8. The van der Waals surface area contributed by atoms with Crippen LogP contribution in [0.2, 0.25) is 0 Å². The van der Waals surface area contributed by atoms with Gasteiger partial charge in [-0.1, -0.05) is 159 Å². The Morgan fingerprint density at radius 1 is 0.463 bits per heavy atom. The number of piperidine rings is 1. The van der Waals surface area contributed by atoms with E-state index in [1.807, 2.05) is 0 Å². The van der Waals surface area contributed by atoms with Crippen molar-refractivity contribution in [2.75, 3.05) is 39.4 Å². The third-order valence-corrected chi connectivity index (χ3v) is 12.3. The van der Waals surface area contributed by atoms with E-state index in [4.69, 9.17) is 18.9 Å². The monoisotopic (exact) mass is 941 g/mol. The van der Waals surface area contributed by atoms with Gasteiger partial charge in [-0.3, -0.25) is 14.4 Å². The van der Waals surface area contributed by atoms with Crippen LogP contribution < -0.4 is 5.32 Å². The van der Waals surface area contributed by atoms with Crippen LogP contribution in [0.25, 0.3) is 0 Å². The standard InChI is InChI=1S/C57H100N2O8/c1-4-7-10-13-15-17-19-21-23-25-27-29-31-33-37-42-54(60)64-50-53(51-65-55(61)43-38-34-32-30-28-26-24-22-20-18-16-14-11-8-5-2)66-56(62)45-44-52(41-36-12-9-6-3)67-57(63)58-46-49-59-47-39-35-40-48-59/h15-18,21-24,52-53H,4-14,19-20,25-51H2,1-3H3,(H,58,63)/b17-15-,18-16-,23-21-,24-22-. The SMILES string of the molecule is CCCCC/C=C\C/C=C\CCCCCCCC(=O)OCC(COC(=O)CCCCCCC/C=C\C/C=C\CCCCC)OC(=O)CCC(CCCCCC)OC(=O)NCCN1CCCCC1. The number of carbonyl (C=O) groups excluding carboxylic acids is 4. The number of hydrogen-bond donors (Lipinski definition) is 1. The fourth-order valence-electron chi connectivity index (χ4n) is 8.07. The highest BCUT2D eigenvalue weighted by atomic mass is 16.6. The molecule has 0 aromatic carbocycles. The van der Waals surface area contributed by atoms with Gasteiger partial charge < -0.3 is 29.2 Å². The number of nitrogens with one attached hydrogen (secondary N) is 1. The van der Waals surface area contributed by atoms with Gasteiger partial charge in [-0.05, 0) is 122 Å². The summed E-state index contributed by atoms with van der Waals surface area (Å²) in [7, 11) is 0. The maximum Gasteiger partial charge on any atom is 0.407 e. The van der Waals surface area contributed by atoms with Crippen molar-refractivity contribution in [1.82, 2.24) is 10.2 Å². The quantitative estimate of drug-likeness (QED) is 0.0275. The van der Waals surface area contributed by atoms with Crippen LogP contribution >= 0.6 is 0 Å². The zero-order valence-electron chi connectivity index (χ0n) is 43.3. The molecule has 10 heteroatoms. The van der Waals surface area contributed by atoms with E-state index < -0.39 is 24.3 Å². The lowest BCUT2D eigenvalue weighted by Gasteiger charge is -2.26. The Morgan fingerprint density at radius 3 is 1.42 bits per heavy atom. The summed E-state index contributed by atoms with van der Waals surface area (Å²) >= 11 is 0. The van der Waals surface area contributed by atoms with Crippen molar-refractivity contribution >= 4 is 24.0 Å². The highest BCUT2D eigenvalue weighted by Crippen LogP contribution is 2.16. The number of unbranched alkanes of at least 4 members (excludes halogenated alkanes) is 19. The smallest absolute Gasteiger partial charge is 0.407 e. The van der Waals surface area contributed by atoms with E-state index in [1.54, 1.807) is 0 Å². The molecule has 10 nitrogen and oxygen atoms in total. The molecule has 1 fully saturated rings. The summed E-state index contributed by atoms with van der Waals surface area (Å²) < 4.78 is 22.7. The Kier molecular flexibility index (Phi) is 43.8. The molecule has 386 valence electrons. The van der Waals surface area contributed by atoms with Crippen molar-refractivity contribution in [3.63, 3.8) is 0 Å². The van der Waals surface area contributed by atoms with Gasteiger partial charge in [0.15, 0.2) is 6.10 Å². The maximum atomic E-state index is 13.2. The molecule has 0 saturated carbocycles. The fraction of sp³-hybridized carbons (Fsp3) is 0.789. The van der Waals surface area contributed by atoms with E-state index in [0.717, 1.165) is 135 Å². The first-order chi connectivity index (χ1) is 32.9. The molecule has 0 aliphatic carbocycles. The van der Waals surface area contributed by atoms with Crippen LogP contribution in [0.3, 0.4) is 0 Å². The van der Waals surface area contributed by atoms with Gasteiger partial charge in [0, 0.05) is 32.4 Å². The van der Waals surface area contributed by atoms with E-state index in [-0.39, 0.29) is 44.4 Å². The molecule has 1 aliphatic rings. The van der Waals surface area contributed by atoms with E-state index in [1.165, 1.54) is 70.6 Å². The minimum Gasteiger partial charge on any atom is -0.462 e. The zero-order valence-corrected chi connectivity index (χ0v) is 43.3. The lowest BCUT2D eigenvalue weighted by Crippen LogP contribution is -2.38. The van der Waals surface area contributed by atoms with Gasteiger partial charge in [0.1, 0.15) is 19.3 Å². The molecular formula is C57H100N2O8. The second-order valence-electron chi connectivity index (χ2n) is 18.7. The van der Waals surface area contributed by atoms with E-state index in [9.17, 15) is 19.2 Å². The summed E-state index contributed by atoms with van der Waals surface area (Å²) in [6, 6.07) is 0. The molecule has 1 atom stereocenters. The van der Waals surface area contributed by atoms with Crippen LogP contribution in [0.15, 0.2) is 48.6 Å². The Labute approximate surface area is 410 Å². The molecule has 1 amide bonds. The molecule has 0 aromatic heterocycles. The van der Waals surface area contributed by atoms with Crippen molar-refractivity contribution in [2.24, 2.45) is 0 Å². The Hall–Kier alpha value is -3.40. The molecule has 1 unspecified atom stereocenters. The molecule has 1 rings (SSSR count). The van der Waals surface area contributed by atoms with Gasteiger partial charge in [-0.15, -0.1) is 0 Å². The second kappa shape index (κ2) is 47.7. The first-order valence-electron chi connectivity index (χ1n) is 27.6. The fourth-order valence-corrected chi connectivity index (χ4v) is 8.07. The predicted molar refractivity (Wildman–Crippen MR) is 277 cm³/mol. The van der Waals surface area contributed by atoms with E-state index >= 15 is 0 Å². The van der Waals surface area contributed by atoms with Crippen molar-refractivity contribution in [1.29, 1.82) is 0 Å². The maximum absolute atomic E-state index is 13.2. The number of carbonyl (C=O) groups is 4. The lowest BCUT2D eigenvalue weighted by atomic mass is 10.1. The van der Waals surface area contributed by atoms with Gasteiger partial charge in [0.05, 0.1) is 0 Å². The molecule has 1 saturated heterocycles. The number of alkyl carbamates (subject to hydrolysis) is 1. The zero-order chi connectivity index (χ0) is 48.5. The summed E-state index contributed by atoms with van der Waals surface area (Å²) in [4.78, 5) is 53.9. The van der Waals surface area contributed by atoms with Gasteiger partial charge in [-0.2, -0.15) is 0 Å². The molecule has 0 radical (unpaired) electrons. The number of amides is 1. The Balaban J connectivity index is 2.56. The number of esters is 3. The summed E-state index contributed by atoms with van der Waals surface area (Å²) in [6.07, 6.45) is 49.8. The van der Waals surface area contributed by atoms with Crippen LogP contribution in [0.4, 0.5) is 4.79 Å². The van der Waals surface area contributed by atoms with Crippen LogP contribution in [0.5, 0.6) is 0 Å². The second-order valence-corrected chi connectivity index (χ2v) is 18.7. The topological polar surface area (TPSA) is 120 Å². The van der Waals surface area contributed by atoms with Crippen LogP contribution in [0, 0.1) is 0 Å². The first kappa shape index (κ1) is 61.6. The first-order valence-corrected chi connectivity index (χ1v) is 27.6. The molecular weight excluding hydrogens is 841 g/mol. The van der Waals surface area contributed by atoms with Crippen LogP contribution in [-0.4, -0.2) is 80.5 Å². The largest absolute Gasteiger partial charge is 0.462 e. The molecule has 0 spiro atoms. The highest BCUT2D eigenvalue weighted by molar-refractivity contribution is 5.71. The Morgan fingerprint density at radius 2 is 0.910 bits per heavy atom. The van der Waals surface area contributed by atoms with E-state index in [2.05, 4.69) is 79.6 Å². The third kappa shape index (κ3) is 42.4. The normalized spacial score (nSPS) is 13.9. The van der Waals surface area contributed by atoms with Gasteiger partial charge in [-0.25, -0.2) is 4.79 Å². The summed E-state index contributed by atoms with van der Waals surface area (Å²) in [5.74, 6) is -1.21. The van der Waals surface area contributed by atoms with Crippen molar-refractivity contribution < 1.29 is 38.1 Å². The average molecular weight is 941 g/mol. The average Bonchev–Trinajstić information content (AvgIpc) is 3.33. The van der Waals surface area contributed by atoms with Gasteiger partial charge in [0.2, 0.25) is 0 Å². The minimum absolute atomic E-state index is 0.0236. The summed E-state index contributed by atoms with van der Waals surface area (Å²) in [6.45, 7) is 9.69. The predicted octanol–water partition coefficient (Wildman–Crippen LogP) is 14.9. The molecule has 1 heterocycles. The summed E-state index contributed by atoms with van der Waals surface area (Å²) in [5, 5.41) is 2.90. The highest BCUT2D eigenvalue weighted by Gasteiger charge is 2.22. The summed E-state index contributed by atoms with van der Waals surface area (Å²) in [5.41, 5.74) is 0. The van der Waals surface area contributed by atoms with Crippen LogP contribution in [-0.2, 0) is 33.3 Å². The number of hydrogen-bond acceptors (Lipinski definition) is 9. The lowest BCUT2D eigenvalue weighted by molar-refractivity contribution is -0.167. The number of likely N-dealkylation sites (tertiary alicyclic amines) is 1. The van der Waals surface area contributed by atoms with Crippen LogP contribution in [0.1, 0.15) is 239 Å². The number of nitrogens with zero attached hydrogens (tertiary/aromatic N) is 1. The number of ether oxygens (including phenoxy) is 4. The molecule has 1 aliphatic heterocycles. The molecule has 0 aromatic rings. The molecule has 1 N–H and O–H groups in total. The van der Waals surface area contributed by atoms with Gasteiger partial charge >= 0.3 is 24.0 Å². The molecule has 67 heavy (non-hydrogen) atoms. The van der Waals surface area contributed by atoms with E-state index in [0.29, 0.717) is 19.4 Å². The number of rotatable bonds is 45. The van der Waals surface area contributed by atoms with Crippen molar-refractivity contribution in [2.45, 2.75) is 251 Å².